The molecule has 0 aliphatic carbocycles. The van der Waals surface area contributed by atoms with Gasteiger partial charge in [-0.25, -0.2) is 13.1 Å². The molecule has 0 saturated heterocycles. The first kappa shape index (κ1) is 24.6. The van der Waals surface area contributed by atoms with Crippen molar-refractivity contribution in [2.45, 2.75) is 23.3 Å². The minimum atomic E-state index is -3.61. The summed E-state index contributed by atoms with van der Waals surface area (Å²) >= 11 is 1.28. The maximum absolute atomic E-state index is 12.4. The Morgan fingerprint density at radius 3 is 2.54 bits per heavy atom. The maximum Gasteiger partial charge on any atom is 0.240 e. The van der Waals surface area contributed by atoms with E-state index in [0.717, 1.165) is 5.75 Å². The number of thioether (sulfide) groups is 1. The lowest BCUT2D eigenvalue weighted by atomic mass is 10.3. The van der Waals surface area contributed by atoms with Crippen molar-refractivity contribution in [2.24, 2.45) is 0 Å². The van der Waals surface area contributed by atoms with E-state index in [1.807, 2.05) is 6.92 Å². The molecule has 0 unspecified atom stereocenters. The topological polar surface area (TPSA) is 128 Å². The first-order valence-electron chi connectivity index (χ1n) is 10.9. The van der Waals surface area contributed by atoms with Crippen LogP contribution in [0.2, 0.25) is 0 Å². The van der Waals surface area contributed by atoms with Crippen molar-refractivity contribution in [1.82, 2.24) is 24.5 Å². The van der Waals surface area contributed by atoms with E-state index in [2.05, 4.69) is 25.3 Å². The summed E-state index contributed by atoms with van der Waals surface area (Å²) in [6, 6.07) is 18.9. The molecule has 0 aliphatic heterocycles. The van der Waals surface area contributed by atoms with Gasteiger partial charge in [0.1, 0.15) is 10.8 Å². The summed E-state index contributed by atoms with van der Waals surface area (Å²) in [6.07, 6.45) is 0.298. The number of anilines is 1. The van der Waals surface area contributed by atoms with Gasteiger partial charge in [0.2, 0.25) is 15.9 Å². The van der Waals surface area contributed by atoms with Gasteiger partial charge in [0.25, 0.3) is 0 Å². The largest absolute Gasteiger partial charge is 0.494 e. The average Bonchev–Trinajstić information content (AvgIpc) is 3.27. The molecule has 4 aromatic rings. The van der Waals surface area contributed by atoms with Crippen LogP contribution in [0.1, 0.15) is 12.7 Å². The van der Waals surface area contributed by atoms with Crippen molar-refractivity contribution in [1.29, 1.82) is 0 Å². The predicted molar refractivity (Wildman–Crippen MR) is 133 cm³/mol. The first-order chi connectivity index (χ1) is 16.9. The van der Waals surface area contributed by atoms with Crippen LogP contribution in [-0.2, 0) is 21.2 Å². The summed E-state index contributed by atoms with van der Waals surface area (Å²) in [4.78, 5) is 12.5. The number of hydrogen-bond donors (Lipinski definition) is 2. The highest BCUT2D eigenvalue weighted by Gasteiger charge is 2.14. The molecular formula is C23H24N6O4S2. The summed E-state index contributed by atoms with van der Waals surface area (Å²) in [7, 11) is -3.61. The van der Waals surface area contributed by atoms with Crippen LogP contribution >= 0.6 is 11.8 Å². The lowest BCUT2D eigenvalue weighted by Crippen LogP contribution is -2.26. The van der Waals surface area contributed by atoms with Gasteiger partial charge < -0.3 is 10.1 Å². The van der Waals surface area contributed by atoms with Gasteiger partial charge in [-0.2, -0.15) is 9.61 Å². The second-order valence-electron chi connectivity index (χ2n) is 7.31. The van der Waals surface area contributed by atoms with Gasteiger partial charge in [0.05, 0.1) is 17.3 Å². The molecule has 1 amide bonds. The summed E-state index contributed by atoms with van der Waals surface area (Å²) in [6.45, 7) is 2.63. The maximum atomic E-state index is 12.4. The molecule has 0 atom stereocenters. The van der Waals surface area contributed by atoms with E-state index in [4.69, 9.17) is 4.74 Å². The summed E-state index contributed by atoms with van der Waals surface area (Å²) in [5.74, 6) is 1.26. The Morgan fingerprint density at radius 1 is 1.03 bits per heavy atom. The molecule has 0 saturated carbocycles. The van der Waals surface area contributed by atoms with E-state index < -0.39 is 10.0 Å². The lowest BCUT2D eigenvalue weighted by molar-refractivity contribution is -0.113. The molecule has 4 rings (SSSR count). The standard InChI is InChI=1S/C23H24N6O4S2/c1-2-33-18-10-8-17(9-11-18)25-22(30)16-34-23-13-12-20-26-27-21(29(20)28-23)14-15-24-35(31,32)19-6-4-3-5-7-19/h3-13,24H,2,14-16H2,1H3,(H,25,30). The van der Waals surface area contributed by atoms with E-state index in [1.165, 1.54) is 23.9 Å². The molecular weight excluding hydrogens is 488 g/mol. The van der Waals surface area contributed by atoms with Crippen LogP contribution in [0.5, 0.6) is 5.75 Å². The van der Waals surface area contributed by atoms with Crippen molar-refractivity contribution in [3.8, 4) is 5.75 Å². The van der Waals surface area contributed by atoms with E-state index in [-0.39, 0.29) is 23.1 Å². The van der Waals surface area contributed by atoms with Crippen molar-refractivity contribution in [2.75, 3.05) is 24.2 Å². The Kier molecular flexibility index (Phi) is 7.95. The zero-order valence-corrected chi connectivity index (χ0v) is 20.6. The molecule has 2 aromatic heterocycles. The highest BCUT2D eigenvalue weighted by Crippen LogP contribution is 2.19. The van der Waals surface area contributed by atoms with Crippen molar-refractivity contribution >= 4 is 39.0 Å². The molecule has 0 radical (unpaired) electrons. The van der Waals surface area contributed by atoms with Crippen molar-refractivity contribution in [3.05, 3.63) is 72.6 Å². The number of carbonyl (C=O) groups is 1. The number of amides is 1. The van der Waals surface area contributed by atoms with Crippen LogP contribution in [0, 0.1) is 0 Å². The molecule has 0 aliphatic rings. The molecule has 0 spiro atoms. The second-order valence-corrected chi connectivity index (χ2v) is 10.1. The minimum Gasteiger partial charge on any atom is -0.494 e. The predicted octanol–water partition coefficient (Wildman–Crippen LogP) is 2.77. The zero-order valence-electron chi connectivity index (χ0n) is 18.9. The average molecular weight is 513 g/mol. The fourth-order valence-corrected chi connectivity index (χ4v) is 4.87. The van der Waals surface area contributed by atoms with Crippen LogP contribution in [0.25, 0.3) is 5.65 Å². The number of nitrogens with one attached hydrogen (secondary N) is 2. The number of ether oxygens (including phenoxy) is 1. The van der Waals surface area contributed by atoms with Crippen LogP contribution in [0.4, 0.5) is 5.69 Å². The number of nitrogens with zero attached hydrogens (tertiary/aromatic N) is 4. The number of aromatic nitrogens is 4. The second kappa shape index (κ2) is 11.3. The van der Waals surface area contributed by atoms with Crippen LogP contribution < -0.4 is 14.8 Å². The Balaban J connectivity index is 1.33. The third-order valence-corrected chi connectivity index (χ3v) is 7.19. The zero-order chi connectivity index (χ0) is 24.7. The quantitative estimate of drug-likeness (QED) is 0.294. The van der Waals surface area contributed by atoms with Gasteiger partial charge in [-0.3, -0.25) is 4.79 Å². The van der Waals surface area contributed by atoms with Gasteiger partial charge in [-0.15, -0.1) is 10.2 Å². The number of benzene rings is 2. The van der Waals surface area contributed by atoms with Gasteiger partial charge in [-0.05, 0) is 55.5 Å². The molecule has 0 bridgehead atoms. The van der Waals surface area contributed by atoms with Gasteiger partial charge in [0, 0.05) is 18.7 Å². The molecule has 182 valence electrons. The molecule has 10 nitrogen and oxygen atoms in total. The summed E-state index contributed by atoms with van der Waals surface area (Å²) in [5.41, 5.74) is 1.22. The molecule has 2 heterocycles. The number of fused-ring (bicyclic) bond motifs is 1. The lowest BCUT2D eigenvalue weighted by Gasteiger charge is -2.07. The Bertz CT molecular complexity index is 1390. The van der Waals surface area contributed by atoms with E-state index in [9.17, 15) is 13.2 Å². The van der Waals surface area contributed by atoms with E-state index in [0.29, 0.717) is 35.2 Å². The first-order valence-corrected chi connectivity index (χ1v) is 13.3. The minimum absolute atomic E-state index is 0.140. The van der Waals surface area contributed by atoms with Crippen LogP contribution in [-0.4, -0.2) is 53.0 Å². The van der Waals surface area contributed by atoms with E-state index in [1.54, 1.807) is 59.1 Å². The Labute approximate surface area is 207 Å². The highest BCUT2D eigenvalue weighted by molar-refractivity contribution is 7.99. The van der Waals surface area contributed by atoms with Crippen LogP contribution in [0.15, 0.2) is 76.7 Å². The van der Waals surface area contributed by atoms with Crippen LogP contribution in [0.3, 0.4) is 0 Å². The summed E-state index contributed by atoms with van der Waals surface area (Å²) in [5, 5.41) is 16.2. The van der Waals surface area contributed by atoms with Crippen molar-refractivity contribution in [3.63, 3.8) is 0 Å². The normalized spacial score (nSPS) is 11.5. The molecule has 0 fully saturated rings. The number of carbonyl (C=O) groups excluding carboxylic acids is 1. The number of sulfonamides is 1. The van der Waals surface area contributed by atoms with Gasteiger partial charge in [-0.1, -0.05) is 30.0 Å². The summed E-state index contributed by atoms with van der Waals surface area (Å²) < 4.78 is 34.3. The third kappa shape index (κ3) is 6.56. The fraction of sp³-hybridized carbons (Fsp3) is 0.217. The molecule has 12 heteroatoms. The highest BCUT2D eigenvalue weighted by atomic mass is 32.2. The van der Waals surface area contributed by atoms with E-state index >= 15 is 0 Å². The monoisotopic (exact) mass is 512 g/mol. The molecule has 35 heavy (non-hydrogen) atoms. The number of rotatable bonds is 11. The third-order valence-electron chi connectivity index (χ3n) is 4.80. The molecule has 2 N–H and O–H groups in total. The Hall–Kier alpha value is -3.48. The number of hydrogen-bond acceptors (Lipinski definition) is 8. The van der Waals surface area contributed by atoms with Gasteiger partial charge >= 0.3 is 0 Å². The smallest absolute Gasteiger partial charge is 0.240 e. The SMILES string of the molecule is CCOc1ccc(NC(=O)CSc2ccc3nnc(CCNS(=O)(=O)c4ccccc4)n3n2)cc1. The molecule has 2 aromatic carbocycles. The van der Waals surface area contributed by atoms with Crippen molar-refractivity contribution < 1.29 is 17.9 Å². The Morgan fingerprint density at radius 2 is 1.80 bits per heavy atom. The van der Waals surface area contributed by atoms with Gasteiger partial charge in [0.15, 0.2) is 11.5 Å². The fourth-order valence-electron chi connectivity index (χ4n) is 3.17.